The van der Waals surface area contributed by atoms with Crippen LogP contribution in [0.4, 0.5) is 11.5 Å². The van der Waals surface area contributed by atoms with Crippen molar-refractivity contribution in [3.05, 3.63) is 41.7 Å². The highest BCUT2D eigenvalue weighted by molar-refractivity contribution is 6.04. The molecule has 1 heterocycles. The van der Waals surface area contributed by atoms with Crippen LogP contribution in [-0.2, 0) is 4.79 Å². The maximum Gasteiger partial charge on any atom is 0.256 e. The van der Waals surface area contributed by atoms with E-state index < -0.39 is 0 Å². The predicted molar refractivity (Wildman–Crippen MR) is 79.2 cm³/mol. The van der Waals surface area contributed by atoms with Crippen LogP contribution in [0.3, 0.4) is 0 Å². The topological polar surface area (TPSA) is 84.2 Å². The molecule has 0 radical (unpaired) electrons. The molecule has 1 aromatic heterocycles. The summed E-state index contributed by atoms with van der Waals surface area (Å²) in [6.07, 6.45) is 1.27. The Labute approximate surface area is 122 Å². The lowest BCUT2D eigenvalue weighted by Gasteiger charge is -2.05. The number of hydrogen-bond donors (Lipinski definition) is 2. The zero-order valence-electron chi connectivity index (χ0n) is 12.0. The Balaban J connectivity index is 1.98. The number of carbonyl (C=O) groups excluding carboxylic acids is 2. The lowest BCUT2D eigenvalue weighted by atomic mass is 10.2. The van der Waals surface area contributed by atoms with Crippen molar-refractivity contribution in [2.75, 3.05) is 10.6 Å². The van der Waals surface area contributed by atoms with Crippen molar-refractivity contribution in [3.63, 3.8) is 0 Å². The molecule has 2 amide bonds. The molecule has 0 spiro atoms. The molecule has 110 valence electrons. The molecule has 2 N–H and O–H groups in total. The van der Waals surface area contributed by atoms with Crippen molar-refractivity contribution < 1.29 is 14.1 Å². The quantitative estimate of drug-likeness (QED) is 0.885. The Morgan fingerprint density at radius 2 is 1.90 bits per heavy atom. The van der Waals surface area contributed by atoms with Crippen molar-refractivity contribution in [2.45, 2.75) is 26.7 Å². The first-order chi connectivity index (χ1) is 10.1. The molecular formula is C15H17N3O3. The molecule has 1 aromatic carbocycles. The van der Waals surface area contributed by atoms with Crippen molar-refractivity contribution in [1.82, 2.24) is 5.16 Å². The van der Waals surface area contributed by atoms with E-state index in [-0.39, 0.29) is 11.8 Å². The van der Waals surface area contributed by atoms with Crippen LogP contribution in [0.2, 0.25) is 0 Å². The van der Waals surface area contributed by atoms with Crippen molar-refractivity contribution in [1.29, 1.82) is 0 Å². The van der Waals surface area contributed by atoms with E-state index in [1.807, 2.05) is 6.92 Å². The summed E-state index contributed by atoms with van der Waals surface area (Å²) in [5.74, 6) is 0.680. The number of carbonyl (C=O) groups is 2. The van der Waals surface area contributed by atoms with Gasteiger partial charge in [0.25, 0.3) is 5.91 Å². The summed E-state index contributed by atoms with van der Waals surface area (Å²) in [5.41, 5.74) is 1.14. The number of nitrogens with one attached hydrogen (secondary N) is 2. The smallest absolute Gasteiger partial charge is 0.256 e. The second-order valence-corrected chi connectivity index (χ2v) is 4.65. The molecule has 21 heavy (non-hydrogen) atoms. The van der Waals surface area contributed by atoms with Gasteiger partial charge in [0.15, 0.2) is 5.82 Å². The summed E-state index contributed by atoms with van der Waals surface area (Å²) >= 11 is 0. The minimum absolute atomic E-state index is 0.0345. The van der Waals surface area contributed by atoms with Crippen LogP contribution in [0.5, 0.6) is 0 Å². The zero-order chi connectivity index (χ0) is 15.2. The highest BCUT2D eigenvalue weighted by Gasteiger charge is 2.09. The first kappa shape index (κ1) is 14.8. The molecule has 0 atom stereocenters. The third-order valence-electron chi connectivity index (χ3n) is 2.78. The molecule has 0 aliphatic carbocycles. The fourth-order valence-corrected chi connectivity index (χ4v) is 1.77. The number of benzene rings is 1. The molecule has 0 saturated heterocycles. The Morgan fingerprint density at radius 3 is 2.48 bits per heavy atom. The summed E-state index contributed by atoms with van der Waals surface area (Å²) in [6, 6.07) is 8.30. The van der Waals surface area contributed by atoms with E-state index in [1.54, 1.807) is 37.3 Å². The molecule has 0 fully saturated rings. The zero-order valence-corrected chi connectivity index (χ0v) is 12.0. The largest absolute Gasteiger partial charge is 0.360 e. The summed E-state index contributed by atoms with van der Waals surface area (Å²) < 4.78 is 4.87. The van der Waals surface area contributed by atoms with Gasteiger partial charge < -0.3 is 15.2 Å². The van der Waals surface area contributed by atoms with E-state index in [9.17, 15) is 9.59 Å². The second kappa shape index (κ2) is 6.69. The van der Waals surface area contributed by atoms with E-state index in [2.05, 4.69) is 15.8 Å². The number of amides is 2. The van der Waals surface area contributed by atoms with Crippen LogP contribution in [0, 0.1) is 6.92 Å². The van der Waals surface area contributed by atoms with Crippen molar-refractivity contribution >= 4 is 23.3 Å². The van der Waals surface area contributed by atoms with Gasteiger partial charge in [-0.15, -0.1) is 0 Å². The SMILES string of the molecule is CCCC(=O)Nc1ccc(C(=O)Nc2cc(C)on2)cc1. The van der Waals surface area contributed by atoms with Gasteiger partial charge in [0.05, 0.1) is 0 Å². The first-order valence-electron chi connectivity index (χ1n) is 6.73. The third kappa shape index (κ3) is 4.17. The number of hydrogen-bond acceptors (Lipinski definition) is 4. The average molecular weight is 287 g/mol. The molecular weight excluding hydrogens is 270 g/mol. The lowest BCUT2D eigenvalue weighted by molar-refractivity contribution is -0.116. The lowest BCUT2D eigenvalue weighted by Crippen LogP contribution is -2.13. The van der Waals surface area contributed by atoms with Crippen LogP contribution in [0.1, 0.15) is 35.9 Å². The number of aryl methyl sites for hydroxylation is 1. The minimum atomic E-state index is -0.283. The van der Waals surface area contributed by atoms with Gasteiger partial charge in [-0.05, 0) is 37.6 Å². The summed E-state index contributed by atoms with van der Waals surface area (Å²) in [6.45, 7) is 3.69. The fraction of sp³-hybridized carbons (Fsp3) is 0.267. The van der Waals surface area contributed by atoms with Gasteiger partial charge in [-0.25, -0.2) is 0 Å². The third-order valence-corrected chi connectivity index (χ3v) is 2.78. The van der Waals surface area contributed by atoms with Crippen LogP contribution >= 0.6 is 0 Å². The molecule has 0 aliphatic heterocycles. The van der Waals surface area contributed by atoms with Gasteiger partial charge in [-0.3, -0.25) is 9.59 Å². The Kier molecular flexibility index (Phi) is 4.71. The molecule has 0 unspecified atom stereocenters. The minimum Gasteiger partial charge on any atom is -0.360 e. The normalized spacial score (nSPS) is 10.2. The van der Waals surface area contributed by atoms with Crippen LogP contribution in [0.25, 0.3) is 0 Å². The average Bonchev–Trinajstić information content (AvgIpc) is 2.85. The van der Waals surface area contributed by atoms with Crippen LogP contribution in [0.15, 0.2) is 34.9 Å². The van der Waals surface area contributed by atoms with Gasteiger partial charge in [-0.1, -0.05) is 12.1 Å². The molecule has 2 aromatic rings. The van der Waals surface area contributed by atoms with E-state index in [0.717, 1.165) is 6.42 Å². The maximum atomic E-state index is 12.0. The Hall–Kier alpha value is -2.63. The summed E-state index contributed by atoms with van der Waals surface area (Å²) in [5, 5.41) is 9.09. The Morgan fingerprint density at radius 1 is 1.19 bits per heavy atom. The number of anilines is 2. The highest BCUT2D eigenvalue weighted by atomic mass is 16.5. The van der Waals surface area contributed by atoms with Gasteiger partial charge >= 0.3 is 0 Å². The van der Waals surface area contributed by atoms with Crippen LogP contribution < -0.4 is 10.6 Å². The Bertz CT molecular complexity index is 632. The number of nitrogens with zero attached hydrogens (tertiary/aromatic N) is 1. The molecule has 0 saturated carbocycles. The first-order valence-corrected chi connectivity index (χ1v) is 6.73. The molecule has 2 rings (SSSR count). The number of rotatable bonds is 5. The summed E-state index contributed by atoms with van der Waals surface area (Å²) in [7, 11) is 0. The van der Waals surface area contributed by atoms with Gasteiger partial charge in [-0.2, -0.15) is 0 Å². The number of aromatic nitrogens is 1. The maximum absolute atomic E-state index is 12.0. The van der Waals surface area contributed by atoms with Gasteiger partial charge in [0.1, 0.15) is 5.76 Å². The second-order valence-electron chi connectivity index (χ2n) is 4.65. The molecule has 6 heteroatoms. The van der Waals surface area contributed by atoms with E-state index in [4.69, 9.17) is 4.52 Å². The standard InChI is InChI=1S/C15H17N3O3/c1-3-4-14(19)16-12-7-5-11(6-8-12)15(20)17-13-9-10(2)21-18-13/h5-9H,3-4H2,1-2H3,(H,16,19)(H,17,18,20). The molecule has 6 nitrogen and oxygen atoms in total. The highest BCUT2D eigenvalue weighted by Crippen LogP contribution is 2.13. The van der Waals surface area contributed by atoms with Crippen LogP contribution in [-0.4, -0.2) is 17.0 Å². The van der Waals surface area contributed by atoms with E-state index >= 15 is 0 Å². The van der Waals surface area contributed by atoms with Gasteiger partial charge in [0, 0.05) is 23.7 Å². The monoisotopic (exact) mass is 287 g/mol. The van der Waals surface area contributed by atoms with Crippen molar-refractivity contribution in [2.24, 2.45) is 0 Å². The van der Waals surface area contributed by atoms with E-state index in [1.165, 1.54) is 0 Å². The molecule has 0 bridgehead atoms. The predicted octanol–water partition coefficient (Wildman–Crippen LogP) is 2.97. The van der Waals surface area contributed by atoms with E-state index in [0.29, 0.717) is 29.2 Å². The summed E-state index contributed by atoms with van der Waals surface area (Å²) in [4.78, 5) is 23.4. The van der Waals surface area contributed by atoms with Gasteiger partial charge in [0.2, 0.25) is 5.91 Å². The fourth-order valence-electron chi connectivity index (χ4n) is 1.77. The van der Waals surface area contributed by atoms with Crippen molar-refractivity contribution in [3.8, 4) is 0 Å². The molecule has 0 aliphatic rings.